The molecule has 0 aliphatic carbocycles. The third-order valence-corrected chi connectivity index (χ3v) is 30.2. The number of benzene rings is 11. The van der Waals surface area contributed by atoms with Crippen LogP contribution >= 0.6 is 0 Å². The number of phenolic OH excluding ortho intramolecular Hbond substituents is 3. The molecule has 10 heterocycles. The molecule has 6 unspecified atom stereocenters. The lowest BCUT2D eigenvalue weighted by Crippen LogP contribution is -2.39. The predicted molar refractivity (Wildman–Crippen MR) is 538 cm³/mol. The van der Waals surface area contributed by atoms with Crippen LogP contribution in [-0.4, -0.2) is 220 Å². The van der Waals surface area contributed by atoms with Crippen LogP contribution in [0.3, 0.4) is 0 Å². The Kier molecular flexibility index (Phi) is 31.2. The Labute approximate surface area is 803 Å². The summed E-state index contributed by atoms with van der Waals surface area (Å²) in [7, 11) is 11.3. The highest BCUT2D eigenvalue weighted by Crippen LogP contribution is 2.51. The fourth-order valence-electron chi connectivity index (χ4n) is 22.8. The Morgan fingerprint density at radius 1 is 0.263 bits per heavy atom. The molecule has 23 heteroatoms. The minimum Gasteiger partial charge on any atom is -0.508 e. The van der Waals surface area contributed by atoms with E-state index in [4.69, 9.17) is 33.2 Å². The van der Waals surface area contributed by atoms with Crippen molar-refractivity contribution in [2.75, 3.05) is 109 Å². The van der Waals surface area contributed by atoms with E-state index >= 15 is 0 Å². The van der Waals surface area contributed by atoms with Gasteiger partial charge in [0.05, 0.1) is 102 Å². The molecule has 137 heavy (non-hydrogen) atoms. The lowest BCUT2D eigenvalue weighted by Gasteiger charge is -2.37. The Hall–Kier alpha value is -11.6. The number of rotatable bonds is 22. The molecule has 11 aromatic rings. The summed E-state index contributed by atoms with van der Waals surface area (Å²) in [6, 6.07) is 63.8. The van der Waals surface area contributed by atoms with E-state index in [0.29, 0.717) is 58.5 Å². The van der Waals surface area contributed by atoms with Crippen LogP contribution < -0.4 is 33.2 Å². The molecule has 21 rings (SSSR count). The average molecular weight is 1860 g/mol. The summed E-state index contributed by atoms with van der Waals surface area (Å²) in [5.74, 6) is 5.03. The number of aliphatic hydroxyl groups excluding tert-OH is 8. The van der Waals surface area contributed by atoms with Gasteiger partial charge in [0.1, 0.15) is 34.5 Å². The van der Waals surface area contributed by atoms with Crippen LogP contribution in [0.2, 0.25) is 0 Å². The molecule has 0 bridgehead atoms. The number of hydrogen-bond donors (Lipinski definition) is 11. The van der Waals surface area contributed by atoms with E-state index in [1.54, 1.807) is 74.0 Å². The van der Waals surface area contributed by atoms with E-state index in [9.17, 15) is 56.2 Å². The Morgan fingerprint density at radius 3 is 0.905 bits per heavy atom. The fourth-order valence-corrected chi connectivity index (χ4v) is 22.8. The van der Waals surface area contributed by atoms with Gasteiger partial charge in [-0.3, -0.25) is 24.5 Å². The van der Waals surface area contributed by atoms with E-state index in [2.05, 4.69) is 79.1 Å². The van der Waals surface area contributed by atoms with Gasteiger partial charge in [-0.1, -0.05) is 115 Å². The van der Waals surface area contributed by atoms with Gasteiger partial charge in [-0.15, -0.1) is 0 Å². The minimum atomic E-state index is -0.545. The first-order chi connectivity index (χ1) is 66.9. The van der Waals surface area contributed by atoms with Crippen LogP contribution in [0.15, 0.2) is 188 Å². The maximum atomic E-state index is 11.2. The second kappa shape index (κ2) is 44.0. The van der Waals surface area contributed by atoms with Crippen LogP contribution in [0.5, 0.6) is 57.5 Å². The zero-order valence-electron chi connectivity index (χ0n) is 79.8. The number of nitrogens with zero attached hydrogens (tertiary/aromatic N) is 5. The van der Waals surface area contributed by atoms with Crippen molar-refractivity contribution in [2.24, 2.45) is 0 Å². The molecule has 0 spiro atoms. The standard InChI is InChI=1S/C24H29NO4.C23H27NO4.C23H27NO3.C22H23NO4.C22H25NO3/c1-28-23-10-16(5-7-18(23)14-26)21-12-20-4-3-9-25(20)13-22(21)17-6-8-19(15-27)24(11-17)29-2;1-27-22-10-15(5-6-17(22)14-25)19-12-18-4-3-9-24(18)13-20(19)16-7-8-21(26)23(11-16)28-2;1-27-23-11-18(8-9-19(23)15-26)22-13-24-10-2-3-20(24)12-21(22)17-6-4-16(14-25)5-7-17;1-27-20-9-17-15(7-12(20)11-24)16-8-13(25)4-5-14(16)21-18(17)10-23-6-2-3-19(23)22(21)26;1-26-22-11-17(8-9-21(22)25)20-13-23-10-2-3-18(23)12-19(20)16-6-4-15(14-24)5-7-16/h5-8,10-11,20,26-27H,3-4,9,12-15H2,1-2H3;5-8,10-11,18,25-26H,3-4,9,12-14H2,1-2H3;4-9,11,20,25-26H,2-3,10,12-15H2,1H3;4-5,7-9,19,22,24-26H,2-3,6,10-11H2,1H3;4-9,11,18,24-25H,2-3,10,12-14H2,1H3. The third-order valence-electron chi connectivity index (χ3n) is 30.2. The molecule has 0 radical (unpaired) electrons. The molecule has 6 atom stereocenters. The molecular formula is C114H131N5O18. The summed E-state index contributed by atoms with van der Waals surface area (Å²) < 4.78 is 38.2. The molecule has 0 amide bonds. The number of phenols is 3. The van der Waals surface area contributed by atoms with Gasteiger partial charge in [0.25, 0.3) is 0 Å². The molecule has 11 N–H and O–H groups in total. The van der Waals surface area contributed by atoms with E-state index in [1.807, 2.05) is 109 Å². The van der Waals surface area contributed by atoms with Gasteiger partial charge < -0.3 is 89.3 Å². The van der Waals surface area contributed by atoms with Crippen LogP contribution in [0.1, 0.15) is 191 Å². The van der Waals surface area contributed by atoms with Gasteiger partial charge in [0.15, 0.2) is 23.0 Å². The van der Waals surface area contributed by atoms with Crippen molar-refractivity contribution < 1.29 is 89.3 Å². The molecule has 10 aliphatic rings. The largest absolute Gasteiger partial charge is 0.508 e. The summed E-state index contributed by atoms with van der Waals surface area (Å²) in [5.41, 5.74) is 27.6. The summed E-state index contributed by atoms with van der Waals surface area (Å²) in [5, 5.41) is 112. The van der Waals surface area contributed by atoms with Crippen LogP contribution in [-0.2, 0) is 52.8 Å². The molecule has 720 valence electrons. The van der Waals surface area contributed by atoms with E-state index in [0.717, 1.165) is 215 Å². The first-order valence-electron chi connectivity index (χ1n) is 48.3. The number of aliphatic hydroxyl groups is 8. The molecule has 5 fully saturated rings. The lowest BCUT2D eigenvalue weighted by molar-refractivity contribution is 0.0552. The van der Waals surface area contributed by atoms with Gasteiger partial charge in [0.2, 0.25) is 0 Å². The number of aromatic hydroxyl groups is 3. The normalized spacial score (nSPS) is 20.3. The van der Waals surface area contributed by atoms with E-state index < -0.39 is 6.10 Å². The summed E-state index contributed by atoms with van der Waals surface area (Å²) in [4.78, 5) is 12.7. The van der Waals surface area contributed by atoms with Gasteiger partial charge in [-0.2, -0.15) is 0 Å². The van der Waals surface area contributed by atoms with Gasteiger partial charge in [0, 0.05) is 90.8 Å². The molecule has 23 nitrogen and oxygen atoms in total. The topological polar surface area (TPSA) is 303 Å². The average Bonchev–Trinajstić information content (AvgIpc) is 1.66. The Bertz CT molecular complexity index is 6230. The number of fused-ring (bicyclic) bond motifs is 11. The van der Waals surface area contributed by atoms with Crippen molar-refractivity contribution in [3.8, 4) is 57.5 Å². The van der Waals surface area contributed by atoms with Crippen LogP contribution in [0.25, 0.3) is 66.1 Å². The van der Waals surface area contributed by atoms with Crippen molar-refractivity contribution in [1.29, 1.82) is 0 Å². The number of ether oxygens (including phenoxy) is 7. The zero-order valence-corrected chi connectivity index (χ0v) is 79.8. The fraction of sp³-hybridized carbons (Fsp3) is 0.386. The molecule has 0 saturated carbocycles. The summed E-state index contributed by atoms with van der Waals surface area (Å²) >= 11 is 0. The highest BCUT2D eigenvalue weighted by atomic mass is 16.5. The third kappa shape index (κ3) is 20.5. The maximum Gasteiger partial charge on any atom is 0.161 e. The van der Waals surface area contributed by atoms with Gasteiger partial charge in [-0.25, -0.2) is 0 Å². The Morgan fingerprint density at radius 2 is 0.562 bits per heavy atom. The highest BCUT2D eigenvalue weighted by Gasteiger charge is 2.42. The van der Waals surface area contributed by atoms with Crippen LogP contribution in [0.4, 0.5) is 0 Å². The summed E-state index contributed by atoms with van der Waals surface area (Å²) in [6.45, 7) is 9.94. The first kappa shape index (κ1) is 97.0. The lowest BCUT2D eigenvalue weighted by atomic mass is 9.83. The second-order valence-corrected chi connectivity index (χ2v) is 37.5. The van der Waals surface area contributed by atoms with Crippen molar-refractivity contribution >= 4 is 66.1 Å². The van der Waals surface area contributed by atoms with Crippen LogP contribution in [0, 0.1) is 0 Å². The number of hydrogen-bond acceptors (Lipinski definition) is 23. The molecular weight excluding hydrogens is 1730 g/mol. The molecule has 11 aromatic carbocycles. The van der Waals surface area contributed by atoms with E-state index in [1.165, 1.54) is 107 Å². The smallest absolute Gasteiger partial charge is 0.161 e. The Balaban J connectivity index is 0.000000119. The van der Waals surface area contributed by atoms with E-state index in [-0.39, 0.29) is 69.5 Å². The molecule has 5 saturated heterocycles. The van der Waals surface area contributed by atoms with Gasteiger partial charge in [-0.05, 0) is 328 Å². The highest BCUT2D eigenvalue weighted by molar-refractivity contribution is 6.12. The van der Waals surface area contributed by atoms with Gasteiger partial charge >= 0.3 is 0 Å². The minimum absolute atomic E-state index is 0.0216. The SMILES string of the molecule is COc1cc(C2=C(c3ccc(CO)c(OC)c3)CC3CCCN3C2)ccc1O.COc1cc(C2=C(c3ccc(CO)c(OC)c3)CN3CCCC3C2)ccc1CO.COc1cc(C2=C(c3ccc(CO)cc3)CC3CCCN3C2)ccc1CO.COc1cc(C2=C(c3ccc(CO)cc3)CC3CCCN3C2)ccc1O.COc1cc2c3c(c4ccc(O)cc4c2cc1CO)C(O)C1CCCN1C3. The van der Waals surface area contributed by atoms with Crippen molar-refractivity contribution in [3.05, 3.63) is 283 Å². The quantitative estimate of drug-likeness (QED) is 0.0281. The van der Waals surface area contributed by atoms with Crippen molar-refractivity contribution in [2.45, 2.75) is 179 Å². The second-order valence-electron chi connectivity index (χ2n) is 37.5. The molecule has 10 aliphatic heterocycles. The maximum absolute atomic E-state index is 11.2. The zero-order chi connectivity index (χ0) is 95.7. The van der Waals surface area contributed by atoms with Crippen molar-refractivity contribution in [1.82, 2.24) is 24.5 Å². The predicted octanol–water partition coefficient (Wildman–Crippen LogP) is 17.5. The number of methoxy groups -OCH3 is 7. The first-order valence-corrected chi connectivity index (χ1v) is 48.3. The summed E-state index contributed by atoms with van der Waals surface area (Å²) in [6.07, 6.45) is 15.6. The monoisotopic (exact) mass is 1860 g/mol. The molecule has 0 aromatic heterocycles. The van der Waals surface area contributed by atoms with Crippen molar-refractivity contribution in [3.63, 3.8) is 0 Å².